The second-order valence-electron chi connectivity index (χ2n) is 6.59. The van der Waals surface area contributed by atoms with Gasteiger partial charge in [-0.05, 0) is 41.8 Å². The highest BCUT2D eigenvalue weighted by atomic mass is 32.2. The van der Waals surface area contributed by atoms with E-state index in [0.717, 1.165) is 40.5 Å². The van der Waals surface area contributed by atoms with Crippen molar-refractivity contribution < 1.29 is 23.7 Å². The Morgan fingerprint density at radius 3 is 2.59 bits per heavy atom. The second kappa shape index (κ2) is 6.88. The zero-order valence-electron chi connectivity index (χ0n) is 14.7. The van der Waals surface area contributed by atoms with Gasteiger partial charge in [-0.25, -0.2) is 0 Å². The lowest BCUT2D eigenvalue weighted by Crippen LogP contribution is -2.30. The molecule has 2 aromatic rings. The third-order valence-electron chi connectivity index (χ3n) is 4.90. The molecule has 1 atom stereocenters. The normalized spacial score (nSPS) is 20.2. The number of thioether (sulfide) groups is 1. The fraction of sp³-hybridized carbons (Fsp3) is 0.350. The highest BCUT2D eigenvalue weighted by molar-refractivity contribution is 8.00. The molecule has 0 spiro atoms. The Hall–Kier alpha value is -2.54. The predicted molar refractivity (Wildman–Crippen MR) is 101 cm³/mol. The Morgan fingerprint density at radius 1 is 0.926 bits per heavy atom. The molecule has 3 aliphatic rings. The average Bonchev–Trinajstić information content (AvgIpc) is 3.32. The largest absolute Gasteiger partial charge is 0.486 e. The van der Waals surface area contributed by atoms with Crippen LogP contribution in [0.3, 0.4) is 0 Å². The lowest BCUT2D eigenvalue weighted by atomic mass is 10.1. The van der Waals surface area contributed by atoms with E-state index in [4.69, 9.17) is 18.9 Å². The van der Waals surface area contributed by atoms with Gasteiger partial charge in [-0.2, -0.15) is 0 Å². The van der Waals surface area contributed by atoms with Gasteiger partial charge in [-0.15, -0.1) is 11.8 Å². The molecule has 0 radical (unpaired) electrons. The van der Waals surface area contributed by atoms with Gasteiger partial charge in [0.05, 0.1) is 5.75 Å². The van der Waals surface area contributed by atoms with Crippen LogP contribution in [0.25, 0.3) is 0 Å². The zero-order chi connectivity index (χ0) is 18.2. The van der Waals surface area contributed by atoms with E-state index >= 15 is 0 Å². The van der Waals surface area contributed by atoms with Crippen molar-refractivity contribution in [2.24, 2.45) is 0 Å². The molecule has 3 heterocycles. The minimum Gasteiger partial charge on any atom is -0.486 e. The zero-order valence-corrected chi connectivity index (χ0v) is 15.5. The predicted octanol–water partition coefficient (Wildman–Crippen LogP) is 3.00. The number of carbonyl (C=O) groups is 1. The average molecular weight is 385 g/mol. The maximum atomic E-state index is 12.5. The summed E-state index contributed by atoms with van der Waals surface area (Å²) in [6.07, 6.45) is 0.768. The Morgan fingerprint density at radius 2 is 1.67 bits per heavy atom. The molecule has 1 amide bonds. The van der Waals surface area contributed by atoms with Crippen molar-refractivity contribution in [3.05, 3.63) is 47.5 Å². The number of rotatable bonds is 4. The monoisotopic (exact) mass is 385 g/mol. The lowest BCUT2D eigenvalue weighted by Gasteiger charge is -2.26. The van der Waals surface area contributed by atoms with E-state index in [-0.39, 0.29) is 18.1 Å². The Kier molecular flexibility index (Phi) is 4.24. The summed E-state index contributed by atoms with van der Waals surface area (Å²) in [5.41, 5.74) is 2.20. The standard InChI is InChI=1S/C20H19NO5S/c22-19-11-27-20(14-2-4-15-18(10-14)24-8-7-23-15)21(19)6-5-13-1-3-16-17(9-13)26-12-25-16/h1-4,9-10,20H,5-8,11-12H2. The van der Waals surface area contributed by atoms with Crippen molar-refractivity contribution >= 4 is 17.7 Å². The Labute approximate surface area is 161 Å². The fourth-order valence-electron chi connectivity index (χ4n) is 3.53. The van der Waals surface area contributed by atoms with Gasteiger partial charge in [0.25, 0.3) is 0 Å². The van der Waals surface area contributed by atoms with Gasteiger partial charge < -0.3 is 23.8 Å². The third kappa shape index (κ3) is 3.16. The third-order valence-corrected chi connectivity index (χ3v) is 6.15. The highest BCUT2D eigenvalue weighted by Gasteiger charge is 2.33. The molecule has 140 valence electrons. The van der Waals surface area contributed by atoms with E-state index in [0.29, 0.717) is 25.5 Å². The van der Waals surface area contributed by atoms with Gasteiger partial charge in [0.2, 0.25) is 12.7 Å². The number of fused-ring (bicyclic) bond motifs is 2. The van der Waals surface area contributed by atoms with Gasteiger partial charge in [0.1, 0.15) is 18.6 Å². The molecule has 6 nitrogen and oxygen atoms in total. The van der Waals surface area contributed by atoms with E-state index in [1.807, 2.05) is 41.3 Å². The van der Waals surface area contributed by atoms with Gasteiger partial charge >= 0.3 is 0 Å². The van der Waals surface area contributed by atoms with Crippen molar-refractivity contribution in [3.8, 4) is 23.0 Å². The summed E-state index contributed by atoms with van der Waals surface area (Å²) in [5.74, 6) is 3.75. The molecule has 0 aromatic heterocycles. The maximum Gasteiger partial charge on any atom is 0.233 e. The molecule has 7 heteroatoms. The molecule has 27 heavy (non-hydrogen) atoms. The van der Waals surface area contributed by atoms with Crippen molar-refractivity contribution in [3.63, 3.8) is 0 Å². The van der Waals surface area contributed by atoms with Crippen LogP contribution >= 0.6 is 11.8 Å². The van der Waals surface area contributed by atoms with E-state index < -0.39 is 0 Å². The number of benzene rings is 2. The number of hydrogen-bond acceptors (Lipinski definition) is 6. The van der Waals surface area contributed by atoms with Crippen LogP contribution in [0.4, 0.5) is 0 Å². The quantitative estimate of drug-likeness (QED) is 0.807. The molecule has 0 saturated carbocycles. The molecule has 1 fully saturated rings. The summed E-state index contributed by atoms with van der Waals surface area (Å²) in [7, 11) is 0. The molecule has 5 rings (SSSR count). The van der Waals surface area contributed by atoms with E-state index in [2.05, 4.69) is 0 Å². The number of nitrogens with zero attached hydrogens (tertiary/aromatic N) is 1. The van der Waals surface area contributed by atoms with Crippen molar-refractivity contribution in [1.82, 2.24) is 4.90 Å². The molecule has 1 saturated heterocycles. The number of amides is 1. The van der Waals surface area contributed by atoms with E-state index in [9.17, 15) is 4.79 Å². The van der Waals surface area contributed by atoms with E-state index in [1.165, 1.54) is 0 Å². The molecule has 0 aliphatic carbocycles. The Bertz CT molecular complexity index is 887. The summed E-state index contributed by atoms with van der Waals surface area (Å²) in [4.78, 5) is 14.4. The first-order valence-corrected chi connectivity index (χ1v) is 10.0. The smallest absolute Gasteiger partial charge is 0.233 e. The second-order valence-corrected chi connectivity index (χ2v) is 7.66. The van der Waals surface area contributed by atoms with Crippen LogP contribution in [-0.4, -0.2) is 43.1 Å². The SMILES string of the molecule is O=C1CSC(c2ccc3c(c2)OCCO3)N1CCc1ccc2c(c1)OCO2. The van der Waals surface area contributed by atoms with Crippen LogP contribution in [-0.2, 0) is 11.2 Å². The molecule has 3 aliphatic heterocycles. The topological polar surface area (TPSA) is 57.2 Å². The first kappa shape index (κ1) is 16.6. The van der Waals surface area contributed by atoms with Gasteiger partial charge in [-0.1, -0.05) is 12.1 Å². The highest BCUT2D eigenvalue weighted by Crippen LogP contribution is 2.42. The first-order chi connectivity index (χ1) is 13.3. The van der Waals surface area contributed by atoms with Crippen LogP contribution in [0.15, 0.2) is 36.4 Å². The minimum atomic E-state index is 0.00216. The molecule has 2 aromatic carbocycles. The van der Waals surface area contributed by atoms with E-state index in [1.54, 1.807) is 11.8 Å². The maximum absolute atomic E-state index is 12.5. The van der Waals surface area contributed by atoms with Crippen LogP contribution < -0.4 is 18.9 Å². The summed E-state index contributed by atoms with van der Waals surface area (Å²) < 4.78 is 22.1. The van der Waals surface area contributed by atoms with Crippen molar-refractivity contribution in [1.29, 1.82) is 0 Å². The first-order valence-electron chi connectivity index (χ1n) is 8.97. The molecule has 0 N–H and O–H groups in total. The molecular formula is C20H19NO5S. The number of carbonyl (C=O) groups excluding carboxylic acids is 1. The number of hydrogen-bond donors (Lipinski definition) is 0. The van der Waals surface area contributed by atoms with Gasteiger partial charge in [0.15, 0.2) is 23.0 Å². The minimum absolute atomic E-state index is 0.00216. The molecule has 0 bridgehead atoms. The summed E-state index contributed by atoms with van der Waals surface area (Å²) in [6.45, 7) is 2.06. The van der Waals surface area contributed by atoms with Crippen molar-refractivity contribution in [2.75, 3.05) is 32.3 Å². The number of ether oxygens (including phenoxy) is 4. The van der Waals surface area contributed by atoms with Crippen LogP contribution in [0.2, 0.25) is 0 Å². The van der Waals surface area contributed by atoms with Gasteiger partial charge in [-0.3, -0.25) is 4.79 Å². The lowest BCUT2D eigenvalue weighted by molar-refractivity contribution is -0.128. The van der Waals surface area contributed by atoms with Gasteiger partial charge in [0, 0.05) is 6.54 Å². The summed E-state index contributed by atoms with van der Waals surface area (Å²) >= 11 is 1.65. The van der Waals surface area contributed by atoms with Crippen LogP contribution in [0.5, 0.6) is 23.0 Å². The van der Waals surface area contributed by atoms with Crippen LogP contribution in [0.1, 0.15) is 16.5 Å². The Balaban J connectivity index is 1.32. The fourth-order valence-corrected chi connectivity index (χ4v) is 4.74. The molecule has 1 unspecified atom stereocenters. The molecular weight excluding hydrogens is 366 g/mol. The van der Waals surface area contributed by atoms with Crippen molar-refractivity contribution in [2.45, 2.75) is 11.8 Å². The summed E-state index contributed by atoms with van der Waals surface area (Å²) in [6, 6.07) is 11.9. The van der Waals surface area contributed by atoms with Crippen LogP contribution in [0, 0.1) is 0 Å². The summed E-state index contributed by atoms with van der Waals surface area (Å²) in [5, 5.41) is 0.00216.